The number of hydrogen-bond donors (Lipinski definition) is 0. The van der Waals surface area contributed by atoms with Crippen LogP contribution in [0.1, 0.15) is 27.7 Å². The number of rotatable bonds is 5. The van der Waals surface area contributed by atoms with Crippen LogP contribution in [-0.2, 0) is 14.3 Å². The van der Waals surface area contributed by atoms with Gasteiger partial charge in [0.15, 0.2) is 0 Å². The van der Waals surface area contributed by atoms with E-state index in [1.807, 2.05) is 27.7 Å². The minimum atomic E-state index is -0.126. The minimum absolute atomic E-state index is 0.126. The van der Waals surface area contributed by atoms with Gasteiger partial charge in [0.25, 0.3) is 0 Å². The molecule has 0 fully saturated rings. The van der Waals surface area contributed by atoms with Crippen LogP contribution in [0.2, 0.25) is 0 Å². The Morgan fingerprint density at radius 1 is 1.33 bits per heavy atom. The molecule has 0 aromatic heterocycles. The van der Waals surface area contributed by atoms with Crippen molar-refractivity contribution in [1.82, 2.24) is 0 Å². The molecular weight excluding hydrogens is 156 g/mol. The molecule has 0 aliphatic heterocycles. The lowest BCUT2D eigenvalue weighted by atomic mass is 10.1. The second-order valence-electron chi connectivity index (χ2n) is 3.92. The highest BCUT2D eigenvalue weighted by molar-refractivity contribution is 5.38. The van der Waals surface area contributed by atoms with Crippen molar-refractivity contribution in [2.45, 2.75) is 33.3 Å². The molecule has 0 spiro atoms. The molecule has 0 aromatic rings. The van der Waals surface area contributed by atoms with Gasteiger partial charge in [-0.3, -0.25) is 0 Å². The van der Waals surface area contributed by atoms with Crippen molar-refractivity contribution in [2.75, 3.05) is 13.2 Å². The van der Waals surface area contributed by atoms with Crippen molar-refractivity contribution in [3.63, 3.8) is 0 Å². The Balaban J connectivity index is 3.43. The second kappa shape index (κ2) is 5.14. The first-order chi connectivity index (χ1) is 5.45. The summed E-state index contributed by atoms with van der Waals surface area (Å²) in [5.41, 5.74) is -0.126. The van der Waals surface area contributed by atoms with Crippen molar-refractivity contribution < 1.29 is 14.3 Å². The van der Waals surface area contributed by atoms with E-state index in [0.29, 0.717) is 13.2 Å². The summed E-state index contributed by atoms with van der Waals surface area (Å²) in [6.45, 7) is 10.3. The van der Waals surface area contributed by atoms with E-state index >= 15 is 0 Å². The van der Waals surface area contributed by atoms with E-state index < -0.39 is 0 Å². The Kier molecular flexibility index (Phi) is 4.90. The van der Waals surface area contributed by atoms with Crippen LogP contribution in [0.5, 0.6) is 0 Å². The van der Waals surface area contributed by atoms with Gasteiger partial charge in [-0.1, -0.05) is 6.92 Å². The third kappa shape index (κ3) is 7.54. The van der Waals surface area contributed by atoms with E-state index in [4.69, 9.17) is 4.74 Å². The monoisotopic (exact) mass is 173 g/mol. The molecule has 3 heteroatoms. The number of ether oxygens (including phenoxy) is 2. The lowest BCUT2D eigenvalue weighted by Gasteiger charge is -2.21. The third-order valence-electron chi connectivity index (χ3n) is 1.23. The Morgan fingerprint density at radius 3 is 2.33 bits per heavy atom. The standard InChI is InChI=1S/C9H17O3/c1-8(5-11-7-10)6-12-9(2,3)4/h8H,5-6H2,1-4H3. The van der Waals surface area contributed by atoms with Crippen LogP contribution < -0.4 is 0 Å². The highest BCUT2D eigenvalue weighted by Gasteiger charge is 2.12. The molecule has 0 N–H and O–H groups in total. The molecule has 0 aliphatic carbocycles. The van der Waals surface area contributed by atoms with Gasteiger partial charge >= 0.3 is 6.47 Å². The van der Waals surface area contributed by atoms with Crippen molar-refractivity contribution in [2.24, 2.45) is 5.92 Å². The van der Waals surface area contributed by atoms with Gasteiger partial charge in [-0.2, -0.15) is 0 Å². The van der Waals surface area contributed by atoms with Crippen LogP contribution in [0.3, 0.4) is 0 Å². The van der Waals surface area contributed by atoms with Gasteiger partial charge in [-0.05, 0) is 20.8 Å². The van der Waals surface area contributed by atoms with E-state index in [0.717, 1.165) is 0 Å². The normalized spacial score (nSPS) is 14.0. The van der Waals surface area contributed by atoms with Gasteiger partial charge in [0.1, 0.15) is 0 Å². The van der Waals surface area contributed by atoms with Crippen LogP contribution in [0, 0.1) is 5.92 Å². The fraction of sp³-hybridized carbons (Fsp3) is 0.889. The molecule has 0 heterocycles. The smallest absolute Gasteiger partial charge is 0.417 e. The van der Waals surface area contributed by atoms with E-state index in [2.05, 4.69) is 4.74 Å². The zero-order valence-electron chi connectivity index (χ0n) is 8.22. The maximum Gasteiger partial charge on any atom is 0.417 e. The van der Waals surface area contributed by atoms with E-state index in [9.17, 15) is 4.79 Å². The quantitative estimate of drug-likeness (QED) is 0.632. The molecule has 12 heavy (non-hydrogen) atoms. The van der Waals surface area contributed by atoms with Crippen LogP contribution in [0.25, 0.3) is 0 Å². The average molecular weight is 173 g/mol. The summed E-state index contributed by atoms with van der Waals surface area (Å²) < 4.78 is 9.95. The molecule has 0 aliphatic rings. The van der Waals surface area contributed by atoms with Crippen molar-refractivity contribution >= 4 is 6.47 Å². The topological polar surface area (TPSA) is 35.5 Å². The highest BCUT2D eigenvalue weighted by atomic mass is 16.5. The van der Waals surface area contributed by atoms with Crippen molar-refractivity contribution in [3.8, 4) is 0 Å². The molecule has 0 saturated heterocycles. The first-order valence-electron chi connectivity index (χ1n) is 4.08. The maximum atomic E-state index is 9.72. The fourth-order valence-electron chi connectivity index (χ4n) is 0.617. The summed E-state index contributed by atoms with van der Waals surface area (Å²) in [7, 11) is 0. The van der Waals surface area contributed by atoms with E-state index in [-0.39, 0.29) is 11.5 Å². The Morgan fingerprint density at radius 2 is 1.92 bits per heavy atom. The summed E-state index contributed by atoms with van der Waals surface area (Å²) in [5.74, 6) is 0.227. The molecule has 0 aromatic carbocycles. The van der Waals surface area contributed by atoms with Gasteiger partial charge < -0.3 is 9.47 Å². The molecule has 1 radical (unpaired) electrons. The Hall–Kier alpha value is -0.570. The summed E-state index contributed by atoms with van der Waals surface area (Å²) in [4.78, 5) is 9.72. The minimum Gasteiger partial charge on any atom is -0.457 e. The van der Waals surface area contributed by atoms with Crippen molar-refractivity contribution in [1.29, 1.82) is 0 Å². The van der Waals surface area contributed by atoms with Crippen LogP contribution in [0.4, 0.5) is 0 Å². The lowest BCUT2D eigenvalue weighted by Crippen LogP contribution is -2.24. The molecule has 0 amide bonds. The third-order valence-corrected chi connectivity index (χ3v) is 1.23. The van der Waals surface area contributed by atoms with Gasteiger partial charge in [0, 0.05) is 5.92 Å². The molecule has 1 atom stereocenters. The summed E-state index contributed by atoms with van der Waals surface area (Å²) >= 11 is 0. The van der Waals surface area contributed by atoms with Gasteiger partial charge in [-0.25, -0.2) is 4.79 Å². The average Bonchev–Trinajstić information content (AvgIpc) is 1.95. The second-order valence-corrected chi connectivity index (χ2v) is 3.92. The van der Waals surface area contributed by atoms with Crippen LogP contribution >= 0.6 is 0 Å². The summed E-state index contributed by atoms with van der Waals surface area (Å²) in [5, 5.41) is 0. The first kappa shape index (κ1) is 11.4. The predicted molar refractivity (Wildman–Crippen MR) is 46.5 cm³/mol. The van der Waals surface area contributed by atoms with Gasteiger partial charge in [-0.15, -0.1) is 0 Å². The zero-order chi connectivity index (χ0) is 9.61. The Bertz CT molecular complexity index is 126. The Labute approximate surface area is 74.0 Å². The number of carbonyl (C=O) groups excluding carboxylic acids is 1. The van der Waals surface area contributed by atoms with E-state index in [1.54, 1.807) is 0 Å². The highest BCUT2D eigenvalue weighted by Crippen LogP contribution is 2.09. The summed E-state index contributed by atoms with van der Waals surface area (Å²) in [6.07, 6.45) is 0. The SMILES string of the molecule is CC(CO[C]=O)COC(C)(C)C. The predicted octanol–water partition coefficient (Wildman–Crippen LogP) is 1.52. The van der Waals surface area contributed by atoms with Gasteiger partial charge in [0.05, 0.1) is 18.8 Å². The molecule has 0 rings (SSSR count). The molecule has 0 saturated carbocycles. The van der Waals surface area contributed by atoms with E-state index in [1.165, 1.54) is 6.47 Å². The fourth-order valence-corrected chi connectivity index (χ4v) is 0.617. The summed E-state index contributed by atoms with van der Waals surface area (Å²) in [6, 6.07) is 0. The number of hydrogen-bond acceptors (Lipinski definition) is 3. The van der Waals surface area contributed by atoms with Crippen LogP contribution in [0.15, 0.2) is 0 Å². The largest absolute Gasteiger partial charge is 0.457 e. The molecule has 3 nitrogen and oxygen atoms in total. The molecule has 0 bridgehead atoms. The zero-order valence-corrected chi connectivity index (χ0v) is 8.22. The molecule has 71 valence electrons. The van der Waals surface area contributed by atoms with Crippen molar-refractivity contribution in [3.05, 3.63) is 0 Å². The van der Waals surface area contributed by atoms with Gasteiger partial charge in [0.2, 0.25) is 0 Å². The molecular formula is C9H17O3. The first-order valence-corrected chi connectivity index (χ1v) is 4.08. The lowest BCUT2D eigenvalue weighted by molar-refractivity contribution is -0.0266. The van der Waals surface area contributed by atoms with Crippen LogP contribution in [-0.4, -0.2) is 25.3 Å². The molecule has 1 unspecified atom stereocenters. The maximum absolute atomic E-state index is 9.72.